The van der Waals surface area contributed by atoms with E-state index in [-0.39, 0.29) is 6.54 Å². The van der Waals surface area contributed by atoms with Crippen molar-refractivity contribution < 1.29 is 14.4 Å². The van der Waals surface area contributed by atoms with Gasteiger partial charge in [-0.25, -0.2) is 4.99 Å². The lowest BCUT2D eigenvalue weighted by atomic mass is 10.4. The first-order valence-corrected chi connectivity index (χ1v) is 3.17. The number of aliphatic imine (C=N–C) groups is 1. The predicted molar refractivity (Wildman–Crippen MR) is 34.3 cm³/mol. The molecule has 1 aliphatic heterocycles. The van der Waals surface area contributed by atoms with Crippen molar-refractivity contribution >= 4 is 12.3 Å². The molecular formula is C6H10N2O2. The fourth-order valence-corrected chi connectivity index (χ4v) is 1.01. The van der Waals surface area contributed by atoms with Gasteiger partial charge in [-0.3, -0.25) is 4.48 Å². The van der Waals surface area contributed by atoms with Crippen molar-refractivity contribution in [3.8, 4) is 0 Å². The number of quaternary nitrogens is 1. The predicted octanol–water partition coefficient (Wildman–Crippen LogP) is -1.78. The maximum Gasteiger partial charge on any atom is 0.185 e. The maximum atomic E-state index is 10.2. The van der Waals surface area contributed by atoms with Gasteiger partial charge in [0.2, 0.25) is 0 Å². The molecule has 1 rings (SSSR count). The molecule has 0 N–H and O–H groups in total. The molecule has 4 nitrogen and oxygen atoms in total. The van der Waals surface area contributed by atoms with Crippen molar-refractivity contribution in [3.05, 3.63) is 0 Å². The van der Waals surface area contributed by atoms with Crippen LogP contribution in [0.3, 0.4) is 0 Å². The number of likely N-dealkylation sites (N-methyl/N-ethyl adjacent to an activating group) is 1. The molecule has 0 bridgehead atoms. The van der Waals surface area contributed by atoms with Crippen molar-refractivity contribution in [2.45, 2.75) is 0 Å². The molecule has 0 saturated carbocycles. The molecule has 0 radical (unpaired) electrons. The van der Waals surface area contributed by atoms with Crippen molar-refractivity contribution in [1.29, 1.82) is 0 Å². The number of carbonyl (C=O) groups excluding carboxylic acids is 1. The maximum absolute atomic E-state index is 10.2. The smallest absolute Gasteiger partial charge is 0.185 e. The minimum atomic E-state index is -1.02. The summed E-state index contributed by atoms with van der Waals surface area (Å²) < 4.78 is 0.377. The molecule has 0 spiro atoms. The molecule has 0 saturated heterocycles. The minimum absolute atomic E-state index is 0.0312. The topological polar surface area (TPSA) is 52.5 Å². The van der Waals surface area contributed by atoms with Gasteiger partial charge in [-0.1, -0.05) is 0 Å². The van der Waals surface area contributed by atoms with Gasteiger partial charge in [-0.05, 0) is 0 Å². The van der Waals surface area contributed by atoms with Crippen LogP contribution in [0.4, 0.5) is 0 Å². The standard InChI is InChI=1S/C6H10N2O2/c1-8(4-6(9)10)3-2-7-5-8/h5H,2-4H2,1H3. The average molecular weight is 142 g/mol. The number of carboxylic acids is 1. The molecule has 0 aliphatic carbocycles. The molecule has 1 aliphatic rings. The van der Waals surface area contributed by atoms with Crippen LogP contribution in [0.2, 0.25) is 0 Å². The fourth-order valence-electron chi connectivity index (χ4n) is 1.01. The zero-order valence-electron chi connectivity index (χ0n) is 5.91. The van der Waals surface area contributed by atoms with E-state index in [2.05, 4.69) is 4.99 Å². The fraction of sp³-hybridized carbons (Fsp3) is 0.667. The van der Waals surface area contributed by atoms with Gasteiger partial charge in [0.15, 0.2) is 6.34 Å². The summed E-state index contributed by atoms with van der Waals surface area (Å²) in [7, 11) is 1.83. The zero-order valence-corrected chi connectivity index (χ0v) is 5.91. The van der Waals surface area contributed by atoms with Gasteiger partial charge >= 0.3 is 0 Å². The van der Waals surface area contributed by atoms with Gasteiger partial charge in [0, 0.05) is 0 Å². The third-order valence-electron chi connectivity index (χ3n) is 1.59. The van der Waals surface area contributed by atoms with E-state index < -0.39 is 5.97 Å². The van der Waals surface area contributed by atoms with Crippen molar-refractivity contribution in [2.24, 2.45) is 4.99 Å². The lowest BCUT2D eigenvalue weighted by Crippen LogP contribution is -2.49. The Kier molecular flexibility index (Phi) is 1.72. The van der Waals surface area contributed by atoms with Crippen LogP contribution in [0.5, 0.6) is 0 Å². The number of carbonyl (C=O) groups is 1. The van der Waals surface area contributed by atoms with E-state index in [1.165, 1.54) is 0 Å². The van der Waals surface area contributed by atoms with Crippen LogP contribution in [-0.2, 0) is 4.79 Å². The van der Waals surface area contributed by atoms with E-state index in [0.29, 0.717) is 4.48 Å². The van der Waals surface area contributed by atoms with Crippen molar-refractivity contribution in [2.75, 3.05) is 26.7 Å². The monoisotopic (exact) mass is 142 g/mol. The second kappa shape index (κ2) is 2.38. The number of hydrogen-bond acceptors (Lipinski definition) is 3. The highest BCUT2D eigenvalue weighted by Crippen LogP contribution is 2.02. The van der Waals surface area contributed by atoms with Crippen LogP contribution in [0.25, 0.3) is 0 Å². The Morgan fingerprint density at radius 1 is 1.90 bits per heavy atom. The van der Waals surface area contributed by atoms with Gasteiger partial charge in [0.05, 0.1) is 19.6 Å². The Bertz CT molecular complexity index is 179. The first kappa shape index (κ1) is 7.21. The summed E-state index contributed by atoms with van der Waals surface area (Å²) >= 11 is 0. The highest BCUT2D eigenvalue weighted by molar-refractivity contribution is 5.67. The Morgan fingerprint density at radius 3 is 3.00 bits per heavy atom. The van der Waals surface area contributed by atoms with E-state index in [1.807, 2.05) is 7.05 Å². The molecule has 1 heterocycles. The van der Waals surface area contributed by atoms with Crippen LogP contribution in [0.15, 0.2) is 4.99 Å². The van der Waals surface area contributed by atoms with Gasteiger partial charge in [-0.15, -0.1) is 0 Å². The number of aliphatic carboxylic acids is 1. The quantitative estimate of drug-likeness (QED) is 0.428. The highest BCUT2D eigenvalue weighted by atomic mass is 16.4. The molecule has 0 aromatic rings. The zero-order chi connectivity index (χ0) is 7.61. The molecule has 10 heavy (non-hydrogen) atoms. The molecule has 0 aromatic carbocycles. The number of rotatable bonds is 2. The molecule has 0 amide bonds. The van der Waals surface area contributed by atoms with Crippen LogP contribution in [0, 0.1) is 0 Å². The van der Waals surface area contributed by atoms with E-state index in [0.717, 1.165) is 13.1 Å². The summed E-state index contributed by atoms with van der Waals surface area (Å²) in [6.45, 7) is 1.53. The summed E-state index contributed by atoms with van der Waals surface area (Å²) in [6, 6.07) is 0. The minimum Gasteiger partial charge on any atom is -0.544 e. The second-order valence-corrected chi connectivity index (χ2v) is 2.75. The highest BCUT2D eigenvalue weighted by Gasteiger charge is 2.23. The molecule has 1 atom stereocenters. The van der Waals surface area contributed by atoms with Crippen LogP contribution in [0.1, 0.15) is 0 Å². The van der Waals surface area contributed by atoms with Crippen LogP contribution < -0.4 is 5.11 Å². The molecule has 56 valence electrons. The summed E-state index contributed by atoms with van der Waals surface area (Å²) in [6.07, 6.45) is 1.66. The summed E-state index contributed by atoms with van der Waals surface area (Å²) in [5.41, 5.74) is 0. The first-order chi connectivity index (χ1) is 4.62. The van der Waals surface area contributed by atoms with Gasteiger partial charge in [-0.2, -0.15) is 0 Å². The molecule has 4 heteroatoms. The third kappa shape index (κ3) is 1.54. The Balaban J connectivity index is 2.52. The first-order valence-electron chi connectivity index (χ1n) is 3.17. The van der Waals surface area contributed by atoms with E-state index in [4.69, 9.17) is 0 Å². The van der Waals surface area contributed by atoms with Crippen molar-refractivity contribution in [1.82, 2.24) is 0 Å². The Labute approximate surface area is 59.4 Å². The van der Waals surface area contributed by atoms with E-state index in [9.17, 15) is 9.90 Å². The summed E-state index contributed by atoms with van der Waals surface area (Å²) in [4.78, 5) is 14.1. The van der Waals surface area contributed by atoms with E-state index in [1.54, 1.807) is 6.34 Å². The summed E-state index contributed by atoms with van der Waals surface area (Å²) in [5, 5.41) is 10.2. The summed E-state index contributed by atoms with van der Waals surface area (Å²) in [5.74, 6) is -1.02. The number of carboxylic acid groups (broad SMARTS) is 1. The normalized spacial score (nSPS) is 30.9. The second-order valence-electron chi connectivity index (χ2n) is 2.75. The third-order valence-corrected chi connectivity index (χ3v) is 1.59. The Morgan fingerprint density at radius 2 is 2.60 bits per heavy atom. The Hall–Kier alpha value is -0.900. The van der Waals surface area contributed by atoms with E-state index >= 15 is 0 Å². The number of nitrogens with zero attached hydrogens (tertiary/aromatic N) is 2. The molecule has 1 unspecified atom stereocenters. The van der Waals surface area contributed by atoms with Crippen LogP contribution >= 0.6 is 0 Å². The average Bonchev–Trinajstić information content (AvgIpc) is 2.12. The molecule has 0 aromatic heterocycles. The SMILES string of the molecule is C[N+]1(CC(=O)[O-])C=NCC1. The number of hydrogen-bond donors (Lipinski definition) is 0. The van der Waals surface area contributed by atoms with Crippen LogP contribution in [-0.4, -0.2) is 43.5 Å². The van der Waals surface area contributed by atoms with Crippen molar-refractivity contribution in [3.63, 3.8) is 0 Å². The van der Waals surface area contributed by atoms with Gasteiger partial charge in [0.25, 0.3) is 0 Å². The largest absolute Gasteiger partial charge is 0.544 e. The van der Waals surface area contributed by atoms with Gasteiger partial charge < -0.3 is 9.90 Å². The lowest BCUT2D eigenvalue weighted by molar-refractivity contribution is -0.801. The lowest BCUT2D eigenvalue weighted by Gasteiger charge is -2.24. The van der Waals surface area contributed by atoms with Gasteiger partial charge in [0.1, 0.15) is 13.1 Å². The molecule has 0 fully saturated rings. The molecular weight excluding hydrogens is 132 g/mol.